The molecule has 9 heteroatoms. The van der Waals surface area contributed by atoms with E-state index < -0.39 is 4.92 Å². The fraction of sp³-hybridized carbons (Fsp3) is 0.588. The molecule has 1 aromatic carbocycles. The van der Waals surface area contributed by atoms with Gasteiger partial charge in [-0.2, -0.15) is 0 Å². The highest BCUT2D eigenvalue weighted by molar-refractivity contribution is 5.79. The van der Waals surface area contributed by atoms with Gasteiger partial charge < -0.3 is 25.4 Å². The molecule has 0 fully saturated rings. The molecule has 146 valence electrons. The number of aliphatic imine (C=N–C) groups is 1. The molecule has 0 aliphatic rings. The molecule has 0 aliphatic heterocycles. The van der Waals surface area contributed by atoms with Crippen molar-refractivity contribution in [1.82, 2.24) is 10.6 Å². The molecular formula is C17H29N5O4. The molecule has 26 heavy (non-hydrogen) atoms. The maximum Gasteiger partial charge on any atom is 0.269 e. The summed E-state index contributed by atoms with van der Waals surface area (Å²) < 4.78 is 10.3. The van der Waals surface area contributed by atoms with Gasteiger partial charge in [0.1, 0.15) is 0 Å². The number of guanidine groups is 1. The van der Waals surface area contributed by atoms with Gasteiger partial charge in [0.25, 0.3) is 5.69 Å². The summed E-state index contributed by atoms with van der Waals surface area (Å²) in [4.78, 5) is 14.7. The average molecular weight is 367 g/mol. The Bertz CT molecular complexity index is 536. The molecule has 0 aromatic heterocycles. The zero-order chi connectivity index (χ0) is 19.0. The third-order valence-electron chi connectivity index (χ3n) is 3.32. The number of nitrogens with zero attached hydrogens (tertiary/aromatic N) is 2. The molecule has 0 atom stereocenters. The molecule has 3 N–H and O–H groups in total. The van der Waals surface area contributed by atoms with Crippen molar-refractivity contribution in [1.29, 1.82) is 0 Å². The lowest BCUT2D eigenvalue weighted by atomic mass is 10.3. The number of hydrogen-bond acceptors (Lipinski definition) is 6. The monoisotopic (exact) mass is 367 g/mol. The predicted molar refractivity (Wildman–Crippen MR) is 103 cm³/mol. The SMILES string of the molecule is CCNC(=NCCCOCCOC)NCCNc1ccc([N+](=O)[O-])cc1. The summed E-state index contributed by atoms with van der Waals surface area (Å²) in [5.41, 5.74) is 0.925. The number of rotatable bonds is 13. The van der Waals surface area contributed by atoms with E-state index in [9.17, 15) is 10.1 Å². The van der Waals surface area contributed by atoms with Gasteiger partial charge in [-0.15, -0.1) is 0 Å². The average Bonchev–Trinajstić information content (AvgIpc) is 2.64. The first-order valence-electron chi connectivity index (χ1n) is 8.74. The maximum atomic E-state index is 10.6. The lowest BCUT2D eigenvalue weighted by Gasteiger charge is -2.12. The van der Waals surface area contributed by atoms with E-state index in [-0.39, 0.29) is 5.69 Å². The van der Waals surface area contributed by atoms with Gasteiger partial charge in [-0.25, -0.2) is 0 Å². The largest absolute Gasteiger partial charge is 0.383 e. The molecule has 0 saturated heterocycles. The van der Waals surface area contributed by atoms with E-state index in [1.807, 2.05) is 6.92 Å². The summed E-state index contributed by atoms with van der Waals surface area (Å²) >= 11 is 0. The van der Waals surface area contributed by atoms with Crippen LogP contribution in [0.15, 0.2) is 29.3 Å². The Kier molecular flexibility index (Phi) is 11.5. The summed E-state index contributed by atoms with van der Waals surface area (Å²) in [6.45, 7) is 6.69. The first-order valence-corrected chi connectivity index (χ1v) is 8.74. The number of nitro groups is 1. The topological polar surface area (TPSA) is 110 Å². The minimum atomic E-state index is -0.410. The predicted octanol–water partition coefficient (Wildman–Crippen LogP) is 1.61. The first-order chi connectivity index (χ1) is 12.7. The maximum absolute atomic E-state index is 10.6. The van der Waals surface area contributed by atoms with Gasteiger partial charge in [0.2, 0.25) is 0 Å². The molecular weight excluding hydrogens is 338 g/mol. The second-order valence-electron chi connectivity index (χ2n) is 5.38. The Hall–Kier alpha value is -2.39. The third kappa shape index (κ3) is 9.80. The van der Waals surface area contributed by atoms with Crippen molar-refractivity contribution in [3.8, 4) is 0 Å². The Labute approximate surface area is 154 Å². The van der Waals surface area contributed by atoms with Crippen molar-refractivity contribution in [3.63, 3.8) is 0 Å². The van der Waals surface area contributed by atoms with Crippen molar-refractivity contribution < 1.29 is 14.4 Å². The highest BCUT2D eigenvalue weighted by Crippen LogP contribution is 2.14. The van der Waals surface area contributed by atoms with E-state index in [1.54, 1.807) is 19.2 Å². The van der Waals surface area contributed by atoms with Crippen LogP contribution in [-0.2, 0) is 9.47 Å². The van der Waals surface area contributed by atoms with Gasteiger partial charge in [0.15, 0.2) is 5.96 Å². The Balaban J connectivity index is 2.23. The number of hydrogen-bond donors (Lipinski definition) is 3. The van der Waals surface area contributed by atoms with E-state index in [2.05, 4.69) is 20.9 Å². The van der Waals surface area contributed by atoms with E-state index in [0.29, 0.717) is 39.5 Å². The molecule has 0 spiro atoms. The smallest absolute Gasteiger partial charge is 0.269 e. The summed E-state index contributed by atoms with van der Waals surface area (Å²) in [5.74, 6) is 0.759. The number of anilines is 1. The van der Waals surface area contributed by atoms with Crippen LogP contribution in [0, 0.1) is 10.1 Å². The summed E-state index contributed by atoms with van der Waals surface area (Å²) in [7, 11) is 1.65. The lowest BCUT2D eigenvalue weighted by Crippen LogP contribution is -2.39. The van der Waals surface area contributed by atoms with Crippen molar-refractivity contribution in [2.24, 2.45) is 4.99 Å². The fourth-order valence-electron chi connectivity index (χ4n) is 2.03. The van der Waals surface area contributed by atoms with Crippen molar-refractivity contribution in [2.75, 3.05) is 58.4 Å². The summed E-state index contributed by atoms with van der Waals surface area (Å²) in [6.07, 6.45) is 0.849. The van der Waals surface area contributed by atoms with Crippen LogP contribution >= 0.6 is 0 Å². The number of nitro benzene ring substituents is 1. The summed E-state index contributed by atoms with van der Waals surface area (Å²) in [5, 5.41) is 20.3. The molecule has 0 unspecified atom stereocenters. The molecule has 0 saturated carbocycles. The molecule has 1 rings (SSSR count). The molecule has 0 aliphatic carbocycles. The third-order valence-corrected chi connectivity index (χ3v) is 3.32. The van der Waals surface area contributed by atoms with Crippen LogP contribution in [-0.4, -0.2) is 64.0 Å². The van der Waals surface area contributed by atoms with Crippen molar-refractivity contribution >= 4 is 17.3 Å². The van der Waals surface area contributed by atoms with E-state index >= 15 is 0 Å². The zero-order valence-electron chi connectivity index (χ0n) is 15.5. The molecule has 1 aromatic rings. The van der Waals surface area contributed by atoms with Gasteiger partial charge >= 0.3 is 0 Å². The van der Waals surface area contributed by atoms with E-state index in [1.165, 1.54) is 12.1 Å². The first kappa shape index (κ1) is 21.7. The van der Waals surface area contributed by atoms with Gasteiger partial charge in [-0.05, 0) is 25.5 Å². The fourth-order valence-corrected chi connectivity index (χ4v) is 2.03. The normalized spacial score (nSPS) is 11.2. The highest BCUT2D eigenvalue weighted by atomic mass is 16.6. The van der Waals surface area contributed by atoms with Crippen LogP contribution in [0.1, 0.15) is 13.3 Å². The molecule has 0 radical (unpaired) electrons. The van der Waals surface area contributed by atoms with Crippen LogP contribution in [0.25, 0.3) is 0 Å². The Morgan fingerprint density at radius 3 is 2.58 bits per heavy atom. The summed E-state index contributed by atoms with van der Waals surface area (Å²) in [6, 6.07) is 6.36. The number of ether oxygens (including phenoxy) is 2. The van der Waals surface area contributed by atoms with Crippen molar-refractivity contribution in [2.45, 2.75) is 13.3 Å². The molecule has 0 amide bonds. The standard InChI is InChI=1S/C17H29N5O4/c1-3-18-17(20-9-4-12-26-14-13-25-2)21-11-10-19-15-5-7-16(8-6-15)22(23)24/h5-8,19H,3-4,9-14H2,1-2H3,(H2,18,20,21). The Morgan fingerprint density at radius 1 is 1.15 bits per heavy atom. The van der Waals surface area contributed by atoms with Gasteiger partial charge in [-0.1, -0.05) is 0 Å². The van der Waals surface area contributed by atoms with E-state index in [4.69, 9.17) is 9.47 Å². The van der Waals surface area contributed by atoms with Gasteiger partial charge in [0.05, 0.1) is 18.1 Å². The quantitative estimate of drug-likeness (QED) is 0.160. The number of benzene rings is 1. The second-order valence-corrected chi connectivity index (χ2v) is 5.38. The van der Waals surface area contributed by atoms with E-state index in [0.717, 1.165) is 24.6 Å². The lowest BCUT2D eigenvalue weighted by molar-refractivity contribution is -0.384. The number of methoxy groups -OCH3 is 1. The van der Waals surface area contributed by atoms with Gasteiger partial charge in [-0.3, -0.25) is 15.1 Å². The van der Waals surface area contributed by atoms with Crippen LogP contribution in [0.2, 0.25) is 0 Å². The van der Waals surface area contributed by atoms with Crippen LogP contribution in [0.3, 0.4) is 0 Å². The molecule has 0 bridgehead atoms. The van der Waals surface area contributed by atoms with Crippen LogP contribution < -0.4 is 16.0 Å². The number of non-ortho nitro benzene ring substituents is 1. The number of nitrogens with one attached hydrogen (secondary N) is 3. The zero-order valence-corrected chi connectivity index (χ0v) is 15.5. The minimum absolute atomic E-state index is 0.0847. The molecule has 0 heterocycles. The highest BCUT2D eigenvalue weighted by Gasteiger charge is 2.03. The minimum Gasteiger partial charge on any atom is -0.383 e. The molecule has 9 nitrogen and oxygen atoms in total. The van der Waals surface area contributed by atoms with Crippen LogP contribution in [0.4, 0.5) is 11.4 Å². The van der Waals surface area contributed by atoms with Crippen LogP contribution in [0.5, 0.6) is 0 Å². The van der Waals surface area contributed by atoms with Gasteiger partial charge in [0, 0.05) is 57.7 Å². The van der Waals surface area contributed by atoms with Crippen molar-refractivity contribution in [3.05, 3.63) is 34.4 Å². The Morgan fingerprint density at radius 2 is 1.92 bits per heavy atom. The second kappa shape index (κ2) is 13.9.